The van der Waals surface area contributed by atoms with Crippen LogP contribution in [0, 0.1) is 10.5 Å². The fourth-order valence-electron chi connectivity index (χ4n) is 0.866. The van der Waals surface area contributed by atoms with E-state index in [4.69, 9.17) is 4.74 Å². The Hall–Kier alpha value is -0.450. The van der Waals surface area contributed by atoms with Gasteiger partial charge in [0.05, 0.1) is 10.7 Å². The smallest absolute Gasteiger partial charge is 0.136 e. The monoisotopic (exact) mass is 264 g/mol. The molecule has 0 bridgehead atoms. The lowest BCUT2D eigenvalue weighted by molar-refractivity contribution is 0.402. The molecule has 0 saturated heterocycles. The van der Waals surface area contributed by atoms with Gasteiger partial charge in [0.25, 0.3) is 0 Å². The van der Waals surface area contributed by atoms with E-state index in [1.54, 1.807) is 13.2 Å². The number of methoxy groups -OCH3 is 1. The molecular formula is C8H9IO2. The topological polar surface area (TPSA) is 29.5 Å². The largest absolute Gasteiger partial charge is 0.507 e. The van der Waals surface area contributed by atoms with Crippen LogP contribution in [-0.2, 0) is 0 Å². The molecule has 0 spiro atoms. The Morgan fingerprint density at radius 2 is 2.09 bits per heavy atom. The minimum atomic E-state index is 0.280. The minimum Gasteiger partial charge on any atom is -0.507 e. The maximum absolute atomic E-state index is 9.32. The standard InChI is InChI=1S/C8H9IO2/c1-5-3-6(10)8(9)7(4-5)11-2/h3-4,10H,1-2H3. The van der Waals surface area contributed by atoms with Gasteiger partial charge in [-0.1, -0.05) is 0 Å². The van der Waals surface area contributed by atoms with Crippen molar-refractivity contribution in [3.8, 4) is 11.5 Å². The third-order valence-electron chi connectivity index (χ3n) is 1.38. The van der Waals surface area contributed by atoms with Gasteiger partial charge in [-0.05, 0) is 47.2 Å². The van der Waals surface area contributed by atoms with Crippen LogP contribution < -0.4 is 4.74 Å². The van der Waals surface area contributed by atoms with Crippen molar-refractivity contribution in [1.82, 2.24) is 0 Å². The average Bonchev–Trinajstić information content (AvgIpc) is 1.96. The first kappa shape index (κ1) is 8.64. The molecule has 0 amide bonds. The van der Waals surface area contributed by atoms with Crippen LogP contribution in [0.5, 0.6) is 11.5 Å². The van der Waals surface area contributed by atoms with Gasteiger partial charge in [0.15, 0.2) is 0 Å². The molecule has 0 aliphatic carbocycles. The lowest BCUT2D eigenvalue weighted by Gasteiger charge is -2.05. The molecule has 3 heteroatoms. The Bertz CT molecular complexity index is 271. The summed E-state index contributed by atoms with van der Waals surface area (Å²) >= 11 is 2.05. The van der Waals surface area contributed by atoms with Gasteiger partial charge in [0.2, 0.25) is 0 Å². The Balaban J connectivity index is 3.24. The van der Waals surface area contributed by atoms with Crippen LogP contribution in [-0.4, -0.2) is 12.2 Å². The Morgan fingerprint density at radius 1 is 1.45 bits per heavy atom. The number of halogens is 1. The van der Waals surface area contributed by atoms with Gasteiger partial charge in [-0.15, -0.1) is 0 Å². The second-order valence-electron chi connectivity index (χ2n) is 2.30. The molecule has 0 aliphatic rings. The van der Waals surface area contributed by atoms with E-state index < -0.39 is 0 Å². The van der Waals surface area contributed by atoms with E-state index in [0.717, 1.165) is 14.9 Å². The Kier molecular flexibility index (Phi) is 2.59. The Labute approximate surface area is 79.3 Å². The maximum atomic E-state index is 9.32. The van der Waals surface area contributed by atoms with Gasteiger partial charge < -0.3 is 9.84 Å². The fraction of sp³-hybridized carbons (Fsp3) is 0.250. The van der Waals surface area contributed by atoms with E-state index in [9.17, 15) is 5.11 Å². The quantitative estimate of drug-likeness (QED) is 0.789. The number of hydrogen-bond acceptors (Lipinski definition) is 2. The van der Waals surface area contributed by atoms with Crippen molar-refractivity contribution in [2.75, 3.05) is 7.11 Å². The molecule has 11 heavy (non-hydrogen) atoms. The van der Waals surface area contributed by atoms with Crippen LogP contribution in [0.2, 0.25) is 0 Å². The van der Waals surface area contributed by atoms with Crippen LogP contribution in [0.25, 0.3) is 0 Å². The SMILES string of the molecule is COc1cc(C)cc(O)c1I. The predicted octanol–water partition coefficient (Wildman–Crippen LogP) is 2.31. The maximum Gasteiger partial charge on any atom is 0.136 e. The third-order valence-corrected chi connectivity index (χ3v) is 2.47. The molecule has 0 fully saturated rings. The van der Waals surface area contributed by atoms with Crippen molar-refractivity contribution in [3.05, 3.63) is 21.3 Å². The molecule has 0 heterocycles. The summed E-state index contributed by atoms with van der Waals surface area (Å²) in [5.74, 6) is 1.01. The highest BCUT2D eigenvalue weighted by molar-refractivity contribution is 14.1. The number of rotatable bonds is 1. The van der Waals surface area contributed by atoms with Crippen LogP contribution in [0.4, 0.5) is 0 Å². The zero-order valence-electron chi connectivity index (χ0n) is 6.39. The summed E-state index contributed by atoms with van der Waals surface area (Å²) in [5.41, 5.74) is 1.000. The van der Waals surface area contributed by atoms with E-state index in [1.807, 2.05) is 35.6 Å². The van der Waals surface area contributed by atoms with Gasteiger partial charge in [0, 0.05) is 0 Å². The molecule has 0 atom stereocenters. The molecule has 0 aliphatic heterocycles. The summed E-state index contributed by atoms with van der Waals surface area (Å²) < 4.78 is 5.80. The summed E-state index contributed by atoms with van der Waals surface area (Å²) in [7, 11) is 1.59. The average molecular weight is 264 g/mol. The molecule has 1 aromatic rings. The second-order valence-corrected chi connectivity index (χ2v) is 3.38. The lowest BCUT2D eigenvalue weighted by Crippen LogP contribution is -1.87. The van der Waals surface area contributed by atoms with E-state index in [0.29, 0.717) is 0 Å². The van der Waals surface area contributed by atoms with Crippen molar-refractivity contribution in [3.63, 3.8) is 0 Å². The Morgan fingerprint density at radius 3 is 2.64 bits per heavy atom. The summed E-state index contributed by atoms with van der Waals surface area (Å²) in [4.78, 5) is 0. The number of hydrogen-bond donors (Lipinski definition) is 1. The normalized spacial score (nSPS) is 9.73. The number of phenols is 1. The molecule has 2 nitrogen and oxygen atoms in total. The predicted molar refractivity (Wildman–Crippen MR) is 52.1 cm³/mol. The van der Waals surface area contributed by atoms with E-state index in [2.05, 4.69) is 0 Å². The molecule has 60 valence electrons. The molecule has 1 rings (SSSR count). The summed E-state index contributed by atoms with van der Waals surface area (Å²) in [6, 6.07) is 3.60. The fourth-order valence-corrected chi connectivity index (χ4v) is 1.40. The van der Waals surface area contributed by atoms with Crippen molar-refractivity contribution in [2.45, 2.75) is 6.92 Å². The van der Waals surface area contributed by atoms with Crippen molar-refractivity contribution < 1.29 is 9.84 Å². The van der Waals surface area contributed by atoms with Gasteiger partial charge in [-0.25, -0.2) is 0 Å². The number of ether oxygens (including phenoxy) is 1. The van der Waals surface area contributed by atoms with E-state index in [1.165, 1.54) is 0 Å². The molecule has 0 saturated carbocycles. The molecule has 1 aromatic carbocycles. The van der Waals surface area contributed by atoms with Gasteiger partial charge in [-0.2, -0.15) is 0 Å². The first-order valence-corrected chi connectivity index (χ1v) is 4.26. The van der Waals surface area contributed by atoms with Crippen molar-refractivity contribution >= 4 is 22.6 Å². The second kappa shape index (κ2) is 3.30. The molecule has 0 aromatic heterocycles. The van der Waals surface area contributed by atoms with Crippen LogP contribution in [0.1, 0.15) is 5.56 Å². The number of benzene rings is 1. The molecule has 0 unspecified atom stereocenters. The number of aryl methyl sites for hydroxylation is 1. The van der Waals surface area contributed by atoms with Gasteiger partial charge >= 0.3 is 0 Å². The summed E-state index contributed by atoms with van der Waals surface area (Å²) in [6.45, 7) is 1.92. The zero-order chi connectivity index (χ0) is 8.43. The summed E-state index contributed by atoms with van der Waals surface area (Å²) in [5, 5.41) is 9.32. The number of phenolic OH excluding ortho intramolecular Hbond substituents is 1. The molecule has 0 radical (unpaired) electrons. The first-order chi connectivity index (χ1) is 5.15. The highest BCUT2D eigenvalue weighted by Crippen LogP contribution is 2.30. The van der Waals surface area contributed by atoms with Crippen molar-refractivity contribution in [1.29, 1.82) is 0 Å². The highest BCUT2D eigenvalue weighted by atomic mass is 127. The third kappa shape index (κ3) is 1.77. The van der Waals surface area contributed by atoms with E-state index >= 15 is 0 Å². The molecule has 1 N–H and O–H groups in total. The van der Waals surface area contributed by atoms with Crippen LogP contribution in [0.15, 0.2) is 12.1 Å². The lowest BCUT2D eigenvalue weighted by atomic mass is 10.2. The zero-order valence-corrected chi connectivity index (χ0v) is 8.55. The first-order valence-electron chi connectivity index (χ1n) is 3.18. The summed E-state index contributed by atoms with van der Waals surface area (Å²) in [6.07, 6.45) is 0. The van der Waals surface area contributed by atoms with Gasteiger partial charge in [0.1, 0.15) is 11.5 Å². The van der Waals surface area contributed by atoms with Crippen molar-refractivity contribution in [2.24, 2.45) is 0 Å². The minimum absolute atomic E-state index is 0.280. The molecular weight excluding hydrogens is 255 g/mol. The van der Waals surface area contributed by atoms with Crippen LogP contribution in [0.3, 0.4) is 0 Å². The van der Waals surface area contributed by atoms with E-state index in [-0.39, 0.29) is 5.75 Å². The van der Waals surface area contributed by atoms with Gasteiger partial charge in [-0.3, -0.25) is 0 Å². The van der Waals surface area contributed by atoms with Crippen LogP contribution >= 0.6 is 22.6 Å². The number of aromatic hydroxyl groups is 1. The highest BCUT2D eigenvalue weighted by Gasteiger charge is 2.04.